The molecule has 1 saturated carbocycles. The van der Waals surface area contributed by atoms with Gasteiger partial charge in [0, 0.05) is 10.0 Å². The molecule has 18 heavy (non-hydrogen) atoms. The number of halogens is 1. The molecule has 2 amide bonds. The molecule has 4 nitrogen and oxygen atoms in total. The number of carbonyl (C=O) groups is 2. The number of carbonyl (C=O) groups excluding carboxylic acids is 2. The van der Waals surface area contributed by atoms with E-state index in [2.05, 4.69) is 21.2 Å². The summed E-state index contributed by atoms with van der Waals surface area (Å²) in [5, 5.41) is 2.80. The minimum absolute atomic E-state index is 0.247. The van der Waals surface area contributed by atoms with Gasteiger partial charge in [0.1, 0.15) is 5.54 Å². The van der Waals surface area contributed by atoms with Crippen molar-refractivity contribution in [3.05, 3.63) is 34.3 Å². The van der Waals surface area contributed by atoms with E-state index in [0.717, 1.165) is 17.3 Å². The van der Waals surface area contributed by atoms with Gasteiger partial charge in [-0.25, -0.2) is 0 Å². The first kappa shape index (κ1) is 13.1. The zero-order chi connectivity index (χ0) is 13.2. The van der Waals surface area contributed by atoms with Crippen molar-refractivity contribution >= 4 is 27.7 Å². The first-order valence-electron chi connectivity index (χ1n) is 5.91. The van der Waals surface area contributed by atoms with E-state index >= 15 is 0 Å². The van der Waals surface area contributed by atoms with Crippen molar-refractivity contribution in [2.24, 2.45) is 5.73 Å². The van der Waals surface area contributed by atoms with Gasteiger partial charge in [-0.2, -0.15) is 0 Å². The van der Waals surface area contributed by atoms with Crippen LogP contribution in [-0.4, -0.2) is 17.4 Å². The van der Waals surface area contributed by atoms with Crippen LogP contribution in [0.5, 0.6) is 0 Å². The van der Waals surface area contributed by atoms with E-state index in [-0.39, 0.29) is 5.91 Å². The van der Waals surface area contributed by atoms with Crippen LogP contribution in [0.25, 0.3) is 0 Å². The van der Waals surface area contributed by atoms with Crippen LogP contribution in [0, 0.1) is 0 Å². The van der Waals surface area contributed by atoms with Crippen molar-refractivity contribution in [3.63, 3.8) is 0 Å². The zero-order valence-electron chi connectivity index (χ0n) is 9.91. The van der Waals surface area contributed by atoms with Crippen molar-refractivity contribution in [1.29, 1.82) is 0 Å². The minimum atomic E-state index is -0.857. The summed E-state index contributed by atoms with van der Waals surface area (Å²) < 4.78 is 0.907. The van der Waals surface area contributed by atoms with E-state index in [0.29, 0.717) is 18.4 Å². The molecule has 1 aromatic carbocycles. The van der Waals surface area contributed by atoms with Crippen LogP contribution in [0.4, 0.5) is 0 Å². The van der Waals surface area contributed by atoms with E-state index in [1.807, 2.05) is 0 Å². The number of benzene rings is 1. The Hall–Kier alpha value is -1.36. The molecule has 1 aromatic rings. The van der Waals surface area contributed by atoms with E-state index < -0.39 is 11.4 Å². The average Bonchev–Trinajstić information content (AvgIpc) is 2.79. The van der Waals surface area contributed by atoms with Gasteiger partial charge >= 0.3 is 0 Å². The molecule has 96 valence electrons. The molecular weight excluding hydrogens is 296 g/mol. The van der Waals surface area contributed by atoms with Gasteiger partial charge in [0.05, 0.1) is 0 Å². The molecule has 0 saturated heterocycles. The Morgan fingerprint density at radius 3 is 2.22 bits per heavy atom. The predicted molar refractivity (Wildman–Crippen MR) is 72.0 cm³/mol. The van der Waals surface area contributed by atoms with Crippen LogP contribution >= 0.6 is 15.9 Å². The number of nitrogens with one attached hydrogen (secondary N) is 1. The first-order valence-corrected chi connectivity index (χ1v) is 6.71. The van der Waals surface area contributed by atoms with E-state index in [1.54, 1.807) is 24.3 Å². The molecule has 5 heteroatoms. The van der Waals surface area contributed by atoms with Gasteiger partial charge in [-0.15, -0.1) is 0 Å². The Labute approximate surface area is 114 Å². The molecule has 0 heterocycles. The fraction of sp³-hybridized carbons (Fsp3) is 0.385. The number of primary amides is 1. The van der Waals surface area contributed by atoms with Gasteiger partial charge < -0.3 is 11.1 Å². The van der Waals surface area contributed by atoms with Crippen molar-refractivity contribution in [2.45, 2.75) is 31.2 Å². The highest BCUT2D eigenvalue weighted by Gasteiger charge is 2.40. The zero-order valence-corrected chi connectivity index (χ0v) is 11.5. The molecule has 0 bridgehead atoms. The molecule has 0 radical (unpaired) electrons. The molecule has 1 fully saturated rings. The van der Waals surface area contributed by atoms with E-state index in [1.165, 1.54) is 0 Å². The fourth-order valence-corrected chi connectivity index (χ4v) is 2.57. The van der Waals surface area contributed by atoms with Gasteiger partial charge in [-0.1, -0.05) is 28.8 Å². The summed E-state index contributed by atoms with van der Waals surface area (Å²) in [5.41, 5.74) is 5.10. The van der Waals surface area contributed by atoms with E-state index in [4.69, 9.17) is 5.73 Å². The quantitative estimate of drug-likeness (QED) is 0.896. The van der Waals surface area contributed by atoms with Crippen molar-refractivity contribution in [3.8, 4) is 0 Å². The second-order valence-corrected chi connectivity index (χ2v) is 5.53. The number of nitrogens with two attached hydrogens (primary N) is 1. The third-order valence-electron chi connectivity index (χ3n) is 3.39. The molecule has 3 N–H and O–H groups in total. The molecule has 1 aliphatic rings. The lowest BCUT2D eigenvalue weighted by atomic mass is 9.96. The molecular formula is C13H15BrN2O2. The number of rotatable bonds is 3. The summed E-state index contributed by atoms with van der Waals surface area (Å²) in [6, 6.07) is 7.01. The standard InChI is InChI=1S/C13H15BrN2O2/c14-10-5-3-9(4-6-10)11(17)16-13(12(15)18)7-1-2-8-13/h3-6H,1-2,7-8H2,(H2,15,18)(H,16,17). The highest BCUT2D eigenvalue weighted by molar-refractivity contribution is 9.10. The molecule has 0 atom stereocenters. The number of hydrogen-bond donors (Lipinski definition) is 2. The summed E-state index contributed by atoms with van der Waals surface area (Å²) in [6.45, 7) is 0. The Morgan fingerprint density at radius 2 is 1.72 bits per heavy atom. The number of hydrogen-bond acceptors (Lipinski definition) is 2. The van der Waals surface area contributed by atoms with E-state index in [9.17, 15) is 9.59 Å². The SMILES string of the molecule is NC(=O)C1(NC(=O)c2ccc(Br)cc2)CCCC1. The summed E-state index contributed by atoms with van der Waals surface area (Å²) in [7, 11) is 0. The smallest absolute Gasteiger partial charge is 0.252 e. The Bertz CT molecular complexity index is 464. The molecule has 0 aliphatic heterocycles. The molecule has 0 unspecified atom stereocenters. The lowest BCUT2D eigenvalue weighted by Gasteiger charge is -2.26. The Kier molecular flexibility index (Phi) is 3.71. The summed E-state index contributed by atoms with van der Waals surface area (Å²) in [5.74, 6) is -0.686. The maximum atomic E-state index is 12.1. The van der Waals surface area contributed by atoms with Gasteiger partial charge in [0.15, 0.2) is 0 Å². The summed E-state index contributed by atoms with van der Waals surface area (Å²) >= 11 is 3.31. The highest BCUT2D eigenvalue weighted by atomic mass is 79.9. The second-order valence-electron chi connectivity index (χ2n) is 4.61. The van der Waals surface area contributed by atoms with Crippen molar-refractivity contribution < 1.29 is 9.59 Å². The van der Waals surface area contributed by atoms with Crippen molar-refractivity contribution in [2.75, 3.05) is 0 Å². The third-order valence-corrected chi connectivity index (χ3v) is 3.92. The lowest BCUT2D eigenvalue weighted by molar-refractivity contribution is -0.123. The van der Waals surface area contributed by atoms with Gasteiger partial charge in [0.2, 0.25) is 5.91 Å². The third kappa shape index (κ3) is 2.56. The normalized spacial score (nSPS) is 17.4. The topological polar surface area (TPSA) is 72.2 Å². The monoisotopic (exact) mass is 310 g/mol. The van der Waals surface area contributed by atoms with Crippen molar-refractivity contribution in [1.82, 2.24) is 5.32 Å². The van der Waals surface area contributed by atoms with Crippen LogP contribution in [0.3, 0.4) is 0 Å². The maximum Gasteiger partial charge on any atom is 0.252 e. The Balaban J connectivity index is 2.15. The average molecular weight is 311 g/mol. The summed E-state index contributed by atoms with van der Waals surface area (Å²) in [4.78, 5) is 23.6. The van der Waals surface area contributed by atoms with Gasteiger partial charge in [-0.05, 0) is 37.1 Å². The minimum Gasteiger partial charge on any atom is -0.368 e. The molecule has 1 aliphatic carbocycles. The molecule has 0 spiro atoms. The van der Waals surface area contributed by atoms with Gasteiger partial charge in [0.25, 0.3) is 5.91 Å². The lowest BCUT2D eigenvalue weighted by Crippen LogP contribution is -2.55. The van der Waals surface area contributed by atoms with Crippen LogP contribution < -0.4 is 11.1 Å². The first-order chi connectivity index (χ1) is 8.53. The van der Waals surface area contributed by atoms with Crippen LogP contribution in [0.2, 0.25) is 0 Å². The van der Waals surface area contributed by atoms with Crippen LogP contribution in [0.15, 0.2) is 28.7 Å². The molecule has 0 aromatic heterocycles. The predicted octanol–water partition coefficient (Wildman–Crippen LogP) is 1.98. The maximum absolute atomic E-state index is 12.1. The fourth-order valence-electron chi connectivity index (χ4n) is 2.30. The largest absolute Gasteiger partial charge is 0.368 e. The van der Waals surface area contributed by atoms with Gasteiger partial charge in [-0.3, -0.25) is 9.59 Å². The second kappa shape index (κ2) is 5.10. The van der Waals surface area contributed by atoms with Crippen LogP contribution in [0.1, 0.15) is 36.0 Å². The summed E-state index contributed by atoms with van der Waals surface area (Å²) in [6.07, 6.45) is 3.10. The molecule has 2 rings (SSSR count). The Morgan fingerprint density at radius 1 is 1.17 bits per heavy atom. The number of amides is 2. The highest BCUT2D eigenvalue weighted by Crippen LogP contribution is 2.29. The van der Waals surface area contributed by atoms with Crippen LogP contribution in [-0.2, 0) is 4.79 Å².